The molecule has 2 aromatic heterocycles. The van der Waals surface area contributed by atoms with Crippen molar-refractivity contribution >= 4 is 56.8 Å². The van der Waals surface area contributed by atoms with Crippen LogP contribution in [0, 0.1) is 24.0 Å². The summed E-state index contributed by atoms with van der Waals surface area (Å²) in [7, 11) is 1.52. The Labute approximate surface area is 286 Å². The van der Waals surface area contributed by atoms with E-state index in [-0.39, 0.29) is 22.4 Å². The minimum atomic E-state index is -0.919. The van der Waals surface area contributed by atoms with Crippen molar-refractivity contribution in [3.63, 3.8) is 0 Å². The number of aromatic nitrogens is 3. The third kappa shape index (κ3) is 7.01. The summed E-state index contributed by atoms with van der Waals surface area (Å²) in [6.45, 7) is 9.39. The van der Waals surface area contributed by atoms with Crippen LogP contribution in [-0.4, -0.2) is 45.8 Å². The van der Waals surface area contributed by atoms with Gasteiger partial charge in [-0.25, -0.2) is 19.8 Å². The maximum atomic E-state index is 14.2. The summed E-state index contributed by atoms with van der Waals surface area (Å²) in [6.07, 6.45) is 1.58. The van der Waals surface area contributed by atoms with Gasteiger partial charge in [0.25, 0.3) is 11.2 Å². The molecule has 0 saturated carbocycles. The van der Waals surface area contributed by atoms with Crippen LogP contribution in [0.3, 0.4) is 0 Å². The standard InChI is InChI=1S/C32H30BrN5O7S2/c1-7-44-24-14-20(21(33)15-23(24)43-6)28-27(30(40)45-8-2)18(5)36-32-37(28)29(39)26(47-32)13-19-9-10-25(22(12-19)38(41)42)46-31-34-16(3)11-17(4)35-31/h9-15,28H,7-8H2,1-6H3/b26-13+/t28-/m0/s1. The summed E-state index contributed by atoms with van der Waals surface area (Å²) in [5.41, 5.74) is 2.52. The number of allylic oxidation sites excluding steroid dienone is 1. The Morgan fingerprint density at radius 3 is 2.47 bits per heavy atom. The van der Waals surface area contributed by atoms with Crippen LogP contribution < -0.4 is 24.4 Å². The number of thiazole rings is 1. The molecule has 0 unspecified atom stereocenters. The van der Waals surface area contributed by atoms with E-state index >= 15 is 0 Å². The second kappa shape index (κ2) is 14.2. The molecule has 0 spiro atoms. The Morgan fingerprint density at radius 1 is 1.11 bits per heavy atom. The molecule has 0 aliphatic carbocycles. The van der Waals surface area contributed by atoms with Crippen molar-refractivity contribution in [2.24, 2.45) is 4.99 Å². The van der Waals surface area contributed by atoms with Crippen molar-refractivity contribution in [2.75, 3.05) is 20.3 Å². The van der Waals surface area contributed by atoms with E-state index in [2.05, 4.69) is 30.9 Å². The van der Waals surface area contributed by atoms with Crippen LogP contribution in [0.2, 0.25) is 0 Å². The molecule has 5 rings (SSSR count). The average Bonchev–Trinajstić information content (AvgIpc) is 3.31. The van der Waals surface area contributed by atoms with Gasteiger partial charge in [0, 0.05) is 21.9 Å². The molecule has 2 aromatic carbocycles. The molecule has 0 fully saturated rings. The summed E-state index contributed by atoms with van der Waals surface area (Å²) < 4.78 is 19.0. The lowest BCUT2D eigenvalue weighted by atomic mass is 9.95. The van der Waals surface area contributed by atoms with Gasteiger partial charge >= 0.3 is 5.97 Å². The number of rotatable bonds is 10. The zero-order valence-electron chi connectivity index (χ0n) is 26.3. The van der Waals surface area contributed by atoms with Crippen LogP contribution in [-0.2, 0) is 9.53 Å². The Morgan fingerprint density at radius 2 is 1.83 bits per heavy atom. The molecular weight excluding hydrogens is 710 g/mol. The van der Waals surface area contributed by atoms with Gasteiger partial charge < -0.3 is 14.2 Å². The number of methoxy groups -OCH3 is 1. The van der Waals surface area contributed by atoms with Crippen molar-refractivity contribution in [1.29, 1.82) is 0 Å². The number of nitrogens with zero attached hydrogens (tertiary/aromatic N) is 5. The van der Waals surface area contributed by atoms with Crippen molar-refractivity contribution < 1.29 is 23.9 Å². The van der Waals surface area contributed by atoms with Crippen LogP contribution in [0.5, 0.6) is 11.5 Å². The predicted molar refractivity (Wildman–Crippen MR) is 181 cm³/mol. The van der Waals surface area contributed by atoms with Crippen LogP contribution >= 0.6 is 39.0 Å². The number of nitro groups is 1. The van der Waals surface area contributed by atoms with Gasteiger partial charge in [0.15, 0.2) is 21.5 Å². The highest BCUT2D eigenvalue weighted by Crippen LogP contribution is 2.41. The van der Waals surface area contributed by atoms with Gasteiger partial charge in [-0.15, -0.1) is 0 Å². The predicted octanol–water partition coefficient (Wildman–Crippen LogP) is 5.43. The number of halogens is 1. The van der Waals surface area contributed by atoms with Gasteiger partial charge in [0.2, 0.25) is 0 Å². The number of benzene rings is 2. The fourth-order valence-electron chi connectivity index (χ4n) is 5.12. The Balaban J connectivity index is 1.66. The van der Waals surface area contributed by atoms with E-state index in [0.29, 0.717) is 54.3 Å². The highest BCUT2D eigenvalue weighted by atomic mass is 79.9. The topological polar surface area (TPSA) is 148 Å². The maximum absolute atomic E-state index is 14.2. The summed E-state index contributed by atoms with van der Waals surface area (Å²) in [4.78, 5) is 53.2. The Bertz CT molecular complexity index is 2110. The second-order valence-corrected chi connectivity index (χ2v) is 13.2. The highest BCUT2D eigenvalue weighted by Gasteiger charge is 2.35. The average molecular weight is 741 g/mol. The number of nitro benzene ring substituents is 1. The van der Waals surface area contributed by atoms with E-state index in [1.54, 1.807) is 44.2 Å². The molecule has 47 heavy (non-hydrogen) atoms. The van der Waals surface area contributed by atoms with Gasteiger partial charge in [-0.2, -0.15) is 0 Å². The van der Waals surface area contributed by atoms with E-state index in [9.17, 15) is 19.7 Å². The second-order valence-electron chi connectivity index (χ2n) is 10.3. The van der Waals surface area contributed by atoms with E-state index < -0.39 is 22.5 Å². The van der Waals surface area contributed by atoms with Crippen molar-refractivity contribution in [2.45, 2.75) is 50.7 Å². The smallest absolute Gasteiger partial charge is 0.338 e. The summed E-state index contributed by atoms with van der Waals surface area (Å²) in [5.74, 6) is 0.301. The molecule has 0 radical (unpaired) electrons. The summed E-state index contributed by atoms with van der Waals surface area (Å²) in [5, 5.41) is 12.5. The van der Waals surface area contributed by atoms with Gasteiger partial charge in [0.05, 0.1) is 52.0 Å². The van der Waals surface area contributed by atoms with E-state index in [1.165, 1.54) is 17.7 Å². The lowest BCUT2D eigenvalue weighted by molar-refractivity contribution is -0.387. The molecule has 1 aliphatic heterocycles. The van der Waals surface area contributed by atoms with Crippen molar-refractivity contribution in [3.8, 4) is 11.5 Å². The first kappa shape index (κ1) is 34.0. The van der Waals surface area contributed by atoms with E-state index in [1.807, 2.05) is 26.8 Å². The van der Waals surface area contributed by atoms with E-state index in [4.69, 9.17) is 14.2 Å². The number of aryl methyl sites for hydroxylation is 2. The monoisotopic (exact) mass is 739 g/mol. The van der Waals surface area contributed by atoms with Gasteiger partial charge in [-0.05, 0) is 87.8 Å². The first-order valence-electron chi connectivity index (χ1n) is 14.4. The molecule has 0 amide bonds. The number of fused-ring (bicyclic) bond motifs is 1. The zero-order chi connectivity index (χ0) is 34.0. The number of esters is 1. The molecule has 4 aromatic rings. The molecule has 1 atom stereocenters. The zero-order valence-corrected chi connectivity index (χ0v) is 29.5. The molecule has 1 aliphatic rings. The van der Waals surface area contributed by atoms with Gasteiger partial charge in [0.1, 0.15) is 0 Å². The third-order valence-corrected chi connectivity index (χ3v) is 9.63. The van der Waals surface area contributed by atoms with Gasteiger partial charge in [-0.1, -0.05) is 33.3 Å². The molecule has 244 valence electrons. The minimum absolute atomic E-state index is 0.128. The first-order valence-corrected chi connectivity index (χ1v) is 16.9. The molecule has 0 bridgehead atoms. The van der Waals surface area contributed by atoms with Crippen molar-refractivity contribution in [1.82, 2.24) is 14.5 Å². The quantitative estimate of drug-likeness (QED) is 0.0892. The number of hydrogen-bond donors (Lipinski definition) is 0. The summed E-state index contributed by atoms with van der Waals surface area (Å²) >= 11 is 5.82. The SMILES string of the molecule is CCOC(=O)C1=C(C)N=c2s/c(=C/c3ccc(Sc4nc(C)cc(C)n4)c([N+](=O)[O-])c3)c(=O)n2[C@H]1c1cc(OCC)c(OC)cc1Br. The van der Waals surface area contributed by atoms with Crippen LogP contribution in [0.4, 0.5) is 5.69 Å². The third-order valence-electron chi connectivity index (χ3n) is 7.03. The van der Waals surface area contributed by atoms with Gasteiger partial charge in [-0.3, -0.25) is 19.5 Å². The van der Waals surface area contributed by atoms with Crippen LogP contribution in [0.15, 0.2) is 72.0 Å². The van der Waals surface area contributed by atoms with Crippen molar-refractivity contribution in [3.05, 3.63) is 104 Å². The minimum Gasteiger partial charge on any atom is -0.493 e. The number of ether oxygens (including phenoxy) is 3. The van der Waals surface area contributed by atoms with Crippen LogP contribution in [0.25, 0.3) is 6.08 Å². The Hall–Kier alpha value is -4.34. The fraction of sp³-hybridized carbons (Fsp3) is 0.281. The summed E-state index contributed by atoms with van der Waals surface area (Å²) in [6, 6.07) is 9.06. The number of hydrogen-bond acceptors (Lipinski definition) is 12. The molecule has 12 nitrogen and oxygen atoms in total. The lowest BCUT2D eigenvalue weighted by Crippen LogP contribution is -2.40. The normalized spacial score (nSPS) is 14.4. The first-order chi connectivity index (χ1) is 22.4. The Kier molecular flexibility index (Phi) is 10.3. The van der Waals surface area contributed by atoms with Crippen LogP contribution in [0.1, 0.15) is 49.3 Å². The fourth-order valence-corrected chi connectivity index (χ4v) is 7.65. The largest absolute Gasteiger partial charge is 0.493 e. The maximum Gasteiger partial charge on any atom is 0.338 e. The highest BCUT2D eigenvalue weighted by molar-refractivity contribution is 9.10. The molecule has 0 N–H and O–H groups in total. The molecular formula is C32H30BrN5O7S2. The van der Waals surface area contributed by atoms with E-state index in [0.717, 1.165) is 34.5 Å². The lowest BCUT2D eigenvalue weighted by Gasteiger charge is -2.26. The molecule has 0 saturated heterocycles. The number of carbonyl (C=O) groups excluding carboxylic acids is 1. The number of carbonyl (C=O) groups is 1. The molecule has 3 heterocycles. The molecule has 15 heteroatoms.